The summed E-state index contributed by atoms with van der Waals surface area (Å²) in [5, 5.41) is 13.6. The number of benzene rings is 1. The van der Waals surface area contributed by atoms with E-state index in [0.29, 0.717) is 36.2 Å². The number of ether oxygens (including phenoxy) is 2. The fraction of sp³-hybridized carbons (Fsp3) is 0.240. The number of aromatic amines is 1. The van der Waals surface area contributed by atoms with E-state index in [9.17, 15) is 19.1 Å². The Balaban J connectivity index is 1.46. The molecule has 0 bridgehead atoms. The molecule has 0 saturated heterocycles. The third kappa shape index (κ3) is 4.42. The van der Waals surface area contributed by atoms with Crippen LogP contribution < -0.4 is 5.32 Å². The van der Waals surface area contributed by atoms with Crippen LogP contribution in [0.3, 0.4) is 0 Å². The summed E-state index contributed by atoms with van der Waals surface area (Å²) < 4.78 is 24.7. The Morgan fingerprint density at radius 3 is 2.88 bits per heavy atom. The second kappa shape index (κ2) is 9.11. The summed E-state index contributed by atoms with van der Waals surface area (Å²) in [6.45, 7) is 0. The lowest BCUT2D eigenvalue weighted by atomic mass is 9.95. The molecule has 1 fully saturated rings. The zero-order chi connectivity index (χ0) is 23.7. The predicted molar refractivity (Wildman–Crippen MR) is 122 cm³/mol. The third-order valence-electron chi connectivity index (χ3n) is 5.84. The van der Waals surface area contributed by atoms with Gasteiger partial charge in [-0.15, -0.1) is 0 Å². The van der Waals surface area contributed by atoms with Gasteiger partial charge >= 0.3 is 5.97 Å². The number of H-pyrrole nitrogens is 1. The largest absolute Gasteiger partial charge is 0.458 e. The van der Waals surface area contributed by atoms with Crippen LogP contribution in [0.15, 0.2) is 66.0 Å². The Morgan fingerprint density at radius 2 is 2.09 bits per heavy atom. The normalized spacial score (nSPS) is 21.7. The molecule has 8 nitrogen and oxygen atoms in total. The summed E-state index contributed by atoms with van der Waals surface area (Å²) in [7, 11) is 0. The molecule has 34 heavy (non-hydrogen) atoms. The number of aromatic nitrogens is 2. The molecule has 2 atom stereocenters. The number of aliphatic hydroxyl groups is 1. The number of rotatable bonds is 5. The molecule has 9 heteroatoms. The first-order valence-electron chi connectivity index (χ1n) is 11.0. The number of fused-ring (bicyclic) bond motifs is 1. The molecule has 1 aliphatic heterocycles. The molecule has 2 aliphatic rings. The average molecular weight is 463 g/mol. The summed E-state index contributed by atoms with van der Waals surface area (Å²) in [5.41, 5.74) is 1.46. The van der Waals surface area contributed by atoms with Gasteiger partial charge in [0.25, 0.3) is 0 Å². The van der Waals surface area contributed by atoms with Crippen molar-refractivity contribution in [3.05, 3.63) is 77.4 Å². The highest BCUT2D eigenvalue weighted by molar-refractivity contribution is 6.26. The van der Waals surface area contributed by atoms with Gasteiger partial charge in [-0.1, -0.05) is 0 Å². The summed E-state index contributed by atoms with van der Waals surface area (Å²) in [5.74, 6) is -2.05. The Bertz CT molecular complexity index is 1310. The first-order chi connectivity index (χ1) is 16.5. The monoisotopic (exact) mass is 463 g/mol. The molecule has 3 aromatic rings. The number of esters is 1. The van der Waals surface area contributed by atoms with E-state index >= 15 is 0 Å². The van der Waals surface area contributed by atoms with Crippen molar-refractivity contribution in [2.75, 3.05) is 5.32 Å². The van der Waals surface area contributed by atoms with Gasteiger partial charge in [-0.25, -0.2) is 14.2 Å². The third-order valence-corrected chi connectivity index (χ3v) is 5.84. The van der Waals surface area contributed by atoms with Gasteiger partial charge in [0.15, 0.2) is 11.3 Å². The summed E-state index contributed by atoms with van der Waals surface area (Å²) >= 11 is 0. The molecule has 2 aromatic heterocycles. The number of ketones is 1. The number of carbonyl (C=O) groups is 2. The quantitative estimate of drug-likeness (QED) is 0.300. The summed E-state index contributed by atoms with van der Waals surface area (Å²) in [6.07, 6.45) is 6.14. The van der Waals surface area contributed by atoms with Gasteiger partial charge in [0.05, 0.1) is 6.10 Å². The number of anilines is 1. The van der Waals surface area contributed by atoms with E-state index in [0.717, 1.165) is 11.8 Å². The van der Waals surface area contributed by atoms with Crippen molar-refractivity contribution in [1.82, 2.24) is 9.97 Å². The Kier molecular flexibility index (Phi) is 5.85. The van der Waals surface area contributed by atoms with Crippen molar-refractivity contribution in [3.63, 3.8) is 0 Å². The van der Waals surface area contributed by atoms with E-state index < -0.39 is 29.8 Å². The molecule has 2 unspecified atom stereocenters. The lowest BCUT2D eigenvalue weighted by Gasteiger charge is -2.25. The van der Waals surface area contributed by atoms with Crippen LogP contribution in [-0.4, -0.2) is 39.0 Å². The average Bonchev–Trinajstić information content (AvgIpc) is 3.36. The molecule has 3 heterocycles. The van der Waals surface area contributed by atoms with Crippen LogP contribution in [0.25, 0.3) is 17.1 Å². The van der Waals surface area contributed by atoms with Gasteiger partial charge in [-0.3, -0.25) is 4.79 Å². The minimum Gasteiger partial charge on any atom is -0.458 e. The van der Waals surface area contributed by atoms with Crippen LogP contribution in [0.5, 0.6) is 0 Å². The number of halogens is 1. The molecule has 1 aliphatic carbocycles. The molecule has 3 N–H and O–H groups in total. The van der Waals surface area contributed by atoms with Crippen molar-refractivity contribution in [2.24, 2.45) is 0 Å². The number of hydrogen-bond donors (Lipinski definition) is 3. The van der Waals surface area contributed by atoms with Crippen LogP contribution in [-0.2, 0) is 19.1 Å². The van der Waals surface area contributed by atoms with Crippen molar-refractivity contribution in [1.29, 1.82) is 0 Å². The maximum Gasteiger partial charge on any atom is 0.348 e. The maximum absolute atomic E-state index is 13.3. The maximum atomic E-state index is 13.3. The van der Waals surface area contributed by atoms with Gasteiger partial charge < -0.3 is 24.9 Å². The smallest absolute Gasteiger partial charge is 0.348 e. The van der Waals surface area contributed by atoms with Crippen molar-refractivity contribution < 1.29 is 28.6 Å². The van der Waals surface area contributed by atoms with E-state index in [4.69, 9.17) is 9.47 Å². The minimum absolute atomic E-state index is 0.0648. The van der Waals surface area contributed by atoms with E-state index in [1.165, 1.54) is 30.3 Å². The van der Waals surface area contributed by atoms with Gasteiger partial charge in [0, 0.05) is 35.5 Å². The van der Waals surface area contributed by atoms with Crippen molar-refractivity contribution >= 4 is 34.5 Å². The van der Waals surface area contributed by atoms with Crippen molar-refractivity contribution in [3.8, 4) is 0 Å². The number of carbonyl (C=O) groups excluding carboxylic acids is 2. The zero-order valence-corrected chi connectivity index (χ0v) is 18.1. The summed E-state index contributed by atoms with van der Waals surface area (Å²) in [4.78, 5) is 33.5. The molecule has 174 valence electrons. The van der Waals surface area contributed by atoms with Crippen LogP contribution in [0, 0.1) is 5.82 Å². The second-order valence-electron chi connectivity index (χ2n) is 8.27. The predicted octanol–water partition coefficient (Wildman–Crippen LogP) is 3.81. The number of nitrogens with zero attached hydrogens (tertiary/aromatic N) is 1. The van der Waals surface area contributed by atoms with Crippen LogP contribution in [0.2, 0.25) is 0 Å². The number of aliphatic hydroxyl groups excluding tert-OH is 1. The molecule has 0 spiro atoms. The van der Waals surface area contributed by atoms with E-state index in [1.807, 2.05) is 6.07 Å². The van der Waals surface area contributed by atoms with Crippen molar-refractivity contribution in [2.45, 2.75) is 37.9 Å². The summed E-state index contributed by atoms with van der Waals surface area (Å²) in [6, 6.07) is 9.04. The lowest BCUT2D eigenvalue weighted by Crippen LogP contribution is -2.29. The second-order valence-corrected chi connectivity index (χ2v) is 8.27. The molecule has 0 radical (unpaired) electrons. The van der Waals surface area contributed by atoms with Crippen LogP contribution in [0.1, 0.15) is 31.2 Å². The molecule has 0 amide bonds. The molecule has 5 rings (SSSR count). The number of allylic oxidation sites excluding steroid dienone is 1. The molecular weight excluding hydrogens is 441 g/mol. The van der Waals surface area contributed by atoms with Gasteiger partial charge in [0.2, 0.25) is 11.7 Å². The molecule has 1 aromatic carbocycles. The first kappa shape index (κ1) is 21.8. The molecule has 1 saturated carbocycles. The number of pyridine rings is 1. The van der Waals surface area contributed by atoms with Gasteiger partial charge in [-0.05, 0) is 61.7 Å². The van der Waals surface area contributed by atoms with E-state index in [2.05, 4.69) is 15.3 Å². The van der Waals surface area contributed by atoms with Crippen LogP contribution >= 0.6 is 0 Å². The van der Waals surface area contributed by atoms with Crippen LogP contribution in [0.4, 0.5) is 10.1 Å². The topological polar surface area (TPSA) is 114 Å². The Hall–Kier alpha value is -3.98. The van der Waals surface area contributed by atoms with Gasteiger partial charge in [0.1, 0.15) is 17.6 Å². The highest BCUT2D eigenvalue weighted by atomic mass is 19.1. The van der Waals surface area contributed by atoms with Gasteiger partial charge in [-0.2, -0.15) is 0 Å². The SMILES string of the molecule is O=C(OC1CCCC(O)C1)C1=C(Nc2ccc(F)cc2)O/C(=C\c2c[nH]c3ncccc23)C1=O. The highest BCUT2D eigenvalue weighted by Gasteiger charge is 2.38. The number of nitrogens with one attached hydrogen (secondary N) is 2. The van der Waals surface area contributed by atoms with E-state index in [-0.39, 0.29) is 17.2 Å². The fourth-order valence-corrected chi connectivity index (χ4v) is 4.14. The number of hydrogen-bond acceptors (Lipinski definition) is 7. The first-order valence-corrected chi connectivity index (χ1v) is 11.0. The minimum atomic E-state index is -0.835. The zero-order valence-electron chi connectivity index (χ0n) is 18.1. The Morgan fingerprint density at radius 1 is 1.26 bits per heavy atom. The standard InChI is InChI=1S/C25H22FN3O5/c26-15-6-8-16(9-7-15)29-24-21(25(32)33-18-4-1-3-17(30)12-18)22(31)20(34-24)11-14-13-28-23-19(14)5-2-10-27-23/h2,5-11,13,17-18,29-30H,1,3-4,12H2,(H,27,28)/b20-11-. The Labute approximate surface area is 194 Å². The highest BCUT2D eigenvalue weighted by Crippen LogP contribution is 2.31. The number of Topliss-reactive ketones (excluding diaryl/α,β-unsaturated/α-hetero) is 1. The fourth-order valence-electron chi connectivity index (χ4n) is 4.14. The molecular formula is C25H22FN3O5. The van der Waals surface area contributed by atoms with E-state index in [1.54, 1.807) is 18.5 Å². The lowest BCUT2D eigenvalue weighted by molar-refractivity contribution is -0.148.